The van der Waals surface area contributed by atoms with Crippen molar-refractivity contribution in [3.05, 3.63) is 72.1 Å². The molecular weight excluding hydrogens is 338 g/mol. The fraction of sp³-hybridized carbons (Fsp3) is 0.238. The van der Waals surface area contributed by atoms with Crippen molar-refractivity contribution in [1.29, 1.82) is 0 Å². The zero-order valence-electron chi connectivity index (χ0n) is 15.5. The van der Waals surface area contributed by atoms with E-state index in [1.54, 1.807) is 11.1 Å². The third kappa shape index (κ3) is 4.95. The number of aromatic nitrogens is 2. The minimum Gasteiger partial charge on any atom is -0.334 e. The van der Waals surface area contributed by atoms with Crippen molar-refractivity contribution in [2.75, 3.05) is 18.0 Å². The highest BCUT2D eigenvalue weighted by molar-refractivity contribution is 5.92. The van der Waals surface area contributed by atoms with Gasteiger partial charge in [-0.2, -0.15) is 5.10 Å². The van der Waals surface area contributed by atoms with Crippen LogP contribution in [0.15, 0.2) is 60.9 Å². The Labute approximate surface area is 159 Å². The molecule has 4 N–H and O–H groups in total. The third-order valence-corrected chi connectivity index (χ3v) is 4.37. The van der Waals surface area contributed by atoms with Crippen molar-refractivity contribution in [2.45, 2.75) is 19.9 Å². The number of hydrogen-bond donors (Lipinski definition) is 3. The van der Waals surface area contributed by atoms with Crippen LogP contribution in [0, 0.1) is 6.92 Å². The first-order valence-corrected chi connectivity index (χ1v) is 9.07. The summed E-state index contributed by atoms with van der Waals surface area (Å²) in [6.07, 6.45) is 4.35. The molecule has 0 radical (unpaired) electrons. The molecule has 0 atom stereocenters. The molecule has 1 heterocycles. The third-order valence-electron chi connectivity index (χ3n) is 4.37. The van der Waals surface area contributed by atoms with Crippen LogP contribution in [-0.2, 0) is 6.54 Å². The van der Waals surface area contributed by atoms with Crippen LogP contribution < -0.4 is 16.0 Å². The Morgan fingerprint density at radius 1 is 1.19 bits per heavy atom. The predicted octanol–water partition coefficient (Wildman–Crippen LogP) is 3.45. The van der Waals surface area contributed by atoms with Crippen LogP contribution in [-0.4, -0.2) is 29.3 Å². The lowest BCUT2D eigenvalue weighted by Gasteiger charge is -2.23. The van der Waals surface area contributed by atoms with Crippen molar-refractivity contribution in [2.24, 2.45) is 5.73 Å². The molecule has 6 heteroatoms. The molecule has 0 aliphatic rings. The Balaban J connectivity index is 1.71. The summed E-state index contributed by atoms with van der Waals surface area (Å²) in [5.74, 6) is 0. The van der Waals surface area contributed by atoms with Crippen LogP contribution in [0.1, 0.15) is 17.5 Å². The van der Waals surface area contributed by atoms with E-state index >= 15 is 0 Å². The number of aromatic amines is 1. The van der Waals surface area contributed by atoms with Gasteiger partial charge in [-0.1, -0.05) is 42.0 Å². The number of urea groups is 1. The first-order valence-electron chi connectivity index (χ1n) is 9.07. The number of anilines is 1. The number of H-pyrrole nitrogens is 1. The number of nitrogens with one attached hydrogen (secondary N) is 2. The van der Waals surface area contributed by atoms with Crippen molar-refractivity contribution in [3.63, 3.8) is 0 Å². The van der Waals surface area contributed by atoms with Crippen LogP contribution >= 0.6 is 0 Å². The van der Waals surface area contributed by atoms with E-state index in [2.05, 4.69) is 21.6 Å². The second-order valence-electron chi connectivity index (χ2n) is 6.48. The summed E-state index contributed by atoms with van der Waals surface area (Å²) in [5.41, 5.74) is 10.8. The number of carbonyl (C=O) groups excluding carboxylic acids is 1. The lowest BCUT2D eigenvalue weighted by molar-refractivity contribution is 0.246. The van der Waals surface area contributed by atoms with Crippen molar-refractivity contribution in [3.8, 4) is 11.1 Å². The smallest absolute Gasteiger partial charge is 0.322 e. The summed E-state index contributed by atoms with van der Waals surface area (Å²) in [4.78, 5) is 14.5. The topological polar surface area (TPSA) is 87.0 Å². The minimum absolute atomic E-state index is 0.124. The summed E-state index contributed by atoms with van der Waals surface area (Å²) in [6.45, 7) is 3.64. The Hall–Kier alpha value is -3.12. The summed E-state index contributed by atoms with van der Waals surface area (Å²) in [5, 5.41) is 9.79. The van der Waals surface area contributed by atoms with Crippen molar-refractivity contribution in [1.82, 2.24) is 15.5 Å². The second kappa shape index (κ2) is 9.00. The largest absolute Gasteiger partial charge is 0.334 e. The predicted molar refractivity (Wildman–Crippen MR) is 108 cm³/mol. The molecule has 2 amide bonds. The summed E-state index contributed by atoms with van der Waals surface area (Å²) in [7, 11) is 0. The lowest BCUT2D eigenvalue weighted by Crippen LogP contribution is -2.40. The van der Waals surface area contributed by atoms with E-state index in [-0.39, 0.29) is 6.03 Å². The average Bonchev–Trinajstić information content (AvgIpc) is 3.22. The fourth-order valence-electron chi connectivity index (χ4n) is 2.94. The van der Waals surface area contributed by atoms with Gasteiger partial charge in [-0.05, 0) is 43.1 Å². The maximum absolute atomic E-state index is 12.8. The molecule has 0 bridgehead atoms. The zero-order valence-corrected chi connectivity index (χ0v) is 15.5. The van der Waals surface area contributed by atoms with Gasteiger partial charge in [-0.15, -0.1) is 0 Å². The van der Waals surface area contributed by atoms with E-state index in [1.165, 1.54) is 5.56 Å². The van der Waals surface area contributed by atoms with E-state index < -0.39 is 0 Å². The van der Waals surface area contributed by atoms with Gasteiger partial charge >= 0.3 is 6.03 Å². The van der Waals surface area contributed by atoms with Crippen LogP contribution in [0.5, 0.6) is 0 Å². The number of benzene rings is 2. The molecule has 140 valence electrons. The molecule has 0 aliphatic heterocycles. The Morgan fingerprint density at radius 2 is 2.00 bits per heavy atom. The molecule has 27 heavy (non-hydrogen) atoms. The number of hydrogen-bond acceptors (Lipinski definition) is 3. The first-order chi connectivity index (χ1) is 13.2. The minimum atomic E-state index is -0.124. The quantitative estimate of drug-likeness (QED) is 0.601. The number of aryl methyl sites for hydroxylation is 1. The number of rotatable bonds is 7. The van der Waals surface area contributed by atoms with E-state index in [4.69, 9.17) is 5.73 Å². The van der Waals surface area contributed by atoms with Crippen LogP contribution in [0.2, 0.25) is 0 Å². The average molecular weight is 363 g/mol. The van der Waals surface area contributed by atoms with Gasteiger partial charge in [0.25, 0.3) is 0 Å². The Morgan fingerprint density at radius 3 is 2.67 bits per heavy atom. The monoisotopic (exact) mass is 363 g/mol. The standard InChI is InChI=1S/C21H25N5O/c1-16-4-2-5-17(12-16)13-23-21(27)26(11-3-10-22)20-8-6-18(7-9-20)19-14-24-25-15-19/h2,4-9,12,14-15H,3,10-11,13,22H2,1H3,(H,23,27)(H,24,25). The van der Waals surface area contributed by atoms with Crippen LogP contribution in [0.3, 0.4) is 0 Å². The van der Waals surface area contributed by atoms with Gasteiger partial charge in [-0.3, -0.25) is 10.00 Å². The molecule has 0 aliphatic carbocycles. The molecular formula is C21H25N5O. The molecule has 0 saturated heterocycles. The van der Waals surface area contributed by atoms with Gasteiger partial charge in [0.1, 0.15) is 0 Å². The Kier molecular flexibility index (Phi) is 6.22. The van der Waals surface area contributed by atoms with Gasteiger partial charge in [0, 0.05) is 30.5 Å². The number of nitrogens with zero attached hydrogens (tertiary/aromatic N) is 2. The van der Waals surface area contributed by atoms with Gasteiger partial charge in [0.2, 0.25) is 0 Å². The fourth-order valence-corrected chi connectivity index (χ4v) is 2.94. The highest BCUT2D eigenvalue weighted by Crippen LogP contribution is 2.22. The molecule has 0 saturated carbocycles. The normalized spacial score (nSPS) is 10.6. The molecule has 3 aromatic rings. The molecule has 2 aromatic carbocycles. The molecule has 1 aromatic heterocycles. The van der Waals surface area contributed by atoms with Gasteiger partial charge in [-0.25, -0.2) is 4.79 Å². The second-order valence-corrected chi connectivity index (χ2v) is 6.48. The van der Waals surface area contributed by atoms with Gasteiger partial charge in [0.05, 0.1) is 6.20 Å². The maximum Gasteiger partial charge on any atom is 0.322 e. The molecule has 3 rings (SSSR count). The van der Waals surface area contributed by atoms with E-state index in [9.17, 15) is 4.79 Å². The van der Waals surface area contributed by atoms with Crippen molar-refractivity contribution >= 4 is 11.7 Å². The highest BCUT2D eigenvalue weighted by Gasteiger charge is 2.15. The zero-order chi connectivity index (χ0) is 19.1. The van der Waals surface area contributed by atoms with Gasteiger partial charge in [0.15, 0.2) is 0 Å². The molecule has 0 unspecified atom stereocenters. The van der Waals surface area contributed by atoms with Gasteiger partial charge < -0.3 is 11.1 Å². The number of nitrogens with two attached hydrogens (primary N) is 1. The molecule has 0 spiro atoms. The summed E-state index contributed by atoms with van der Waals surface area (Å²) in [6, 6.07) is 15.9. The summed E-state index contributed by atoms with van der Waals surface area (Å²) >= 11 is 0. The van der Waals surface area contributed by atoms with Crippen LogP contribution in [0.25, 0.3) is 11.1 Å². The van der Waals surface area contributed by atoms with Crippen LogP contribution in [0.4, 0.5) is 10.5 Å². The van der Waals surface area contributed by atoms with E-state index in [1.807, 2.05) is 55.6 Å². The lowest BCUT2D eigenvalue weighted by atomic mass is 10.1. The number of carbonyl (C=O) groups is 1. The first kappa shape index (κ1) is 18.7. The number of amides is 2. The summed E-state index contributed by atoms with van der Waals surface area (Å²) < 4.78 is 0. The molecule has 6 nitrogen and oxygen atoms in total. The SMILES string of the molecule is Cc1cccc(CNC(=O)N(CCCN)c2ccc(-c3cn[nH]c3)cc2)c1. The molecule has 0 fully saturated rings. The maximum atomic E-state index is 12.8. The van der Waals surface area contributed by atoms with E-state index in [0.717, 1.165) is 28.8 Å². The van der Waals surface area contributed by atoms with E-state index in [0.29, 0.717) is 19.6 Å². The Bertz CT molecular complexity index is 859. The van der Waals surface area contributed by atoms with Crippen molar-refractivity contribution < 1.29 is 4.79 Å². The highest BCUT2D eigenvalue weighted by atomic mass is 16.2.